The molecule has 0 aliphatic rings. The van der Waals surface area contributed by atoms with E-state index in [1.165, 1.54) is 0 Å². The Morgan fingerprint density at radius 2 is 2.50 bits per heavy atom. The molecule has 2 N–H and O–H groups in total. The molecule has 1 aromatic rings. The van der Waals surface area contributed by atoms with Crippen LogP contribution in [0.25, 0.3) is 0 Å². The minimum atomic E-state index is -0.837. The summed E-state index contributed by atoms with van der Waals surface area (Å²) in [5, 5.41) is 11.5. The van der Waals surface area contributed by atoms with Crippen molar-refractivity contribution < 1.29 is 19.1 Å². The van der Waals surface area contributed by atoms with Gasteiger partial charge in [0, 0.05) is 6.61 Å². The largest absolute Gasteiger partial charge is 0.480 e. The highest BCUT2D eigenvalue weighted by atomic mass is 16.5. The smallest absolute Gasteiger partial charge is 0.320 e. The van der Waals surface area contributed by atoms with E-state index in [9.17, 15) is 4.79 Å². The van der Waals surface area contributed by atoms with E-state index in [4.69, 9.17) is 14.3 Å². The zero-order valence-electron chi connectivity index (χ0n) is 9.31. The molecule has 1 atom stereocenters. The number of carboxylic acids is 1. The second kappa shape index (κ2) is 7.03. The summed E-state index contributed by atoms with van der Waals surface area (Å²) in [6.07, 6.45) is 2.38. The summed E-state index contributed by atoms with van der Waals surface area (Å²) >= 11 is 0. The Kier molecular flexibility index (Phi) is 5.60. The molecule has 5 nitrogen and oxygen atoms in total. The summed E-state index contributed by atoms with van der Waals surface area (Å²) in [5.41, 5.74) is 0. The molecule has 0 aromatic carbocycles. The summed E-state index contributed by atoms with van der Waals surface area (Å²) in [4.78, 5) is 10.5. The molecule has 1 heterocycles. The topological polar surface area (TPSA) is 71.7 Å². The lowest BCUT2D eigenvalue weighted by Gasteiger charge is -2.08. The van der Waals surface area contributed by atoms with Gasteiger partial charge in [0.1, 0.15) is 18.4 Å². The van der Waals surface area contributed by atoms with Crippen LogP contribution >= 0.6 is 0 Å². The lowest BCUT2D eigenvalue weighted by molar-refractivity contribution is -0.139. The molecule has 5 heteroatoms. The predicted molar refractivity (Wildman–Crippen MR) is 58.1 cm³/mol. The number of ether oxygens (including phenoxy) is 1. The van der Waals surface area contributed by atoms with Gasteiger partial charge in [0.2, 0.25) is 0 Å². The van der Waals surface area contributed by atoms with Gasteiger partial charge in [-0.05, 0) is 32.0 Å². The zero-order valence-corrected chi connectivity index (χ0v) is 9.31. The molecule has 0 spiro atoms. The fourth-order valence-electron chi connectivity index (χ4n) is 1.15. The van der Waals surface area contributed by atoms with Crippen molar-refractivity contribution in [3.05, 3.63) is 24.2 Å². The molecule has 0 saturated heterocycles. The summed E-state index contributed by atoms with van der Waals surface area (Å²) in [7, 11) is 0. The SMILES string of the molecule is CC(NCCCOCc1ccco1)C(=O)O. The molecule has 0 aliphatic carbocycles. The number of hydrogen-bond acceptors (Lipinski definition) is 4. The van der Waals surface area contributed by atoms with Crippen molar-refractivity contribution in [2.45, 2.75) is 26.0 Å². The van der Waals surface area contributed by atoms with E-state index in [2.05, 4.69) is 5.32 Å². The number of rotatable bonds is 8. The Labute approximate surface area is 94.4 Å². The second-order valence-corrected chi connectivity index (χ2v) is 3.50. The molecule has 0 saturated carbocycles. The number of carbonyl (C=O) groups is 1. The van der Waals surface area contributed by atoms with Gasteiger partial charge in [-0.1, -0.05) is 0 Å². The van der Waals surface area contributed by atoms with Gasteiger partial charge in [-0.25, -0.2) is 0 Å². The third kappa shape index (κ3) is 4.95. The van der Waals surface area contributed by atoms with Gasteiger partial charge in [0.15, 0.2) is 0 Å². The van der Waals surface area contributed by atoms with Gasteiger partial charge >= 0.3 is 5.97 Å². The Morgan fingerprint density at radius 1 is 1.69 bits per heavy atom. The standard InChI is InChI=1S/C11H17NO4/c1-9(11(13)14)12-5-3-6-15-8-10-4-2-7-16-10/h2,4,7,9,12H,3,5-6,8H2,1H3,(H,13,14). The van der Waals surface area contributed by atoms with Crippen molar-refractivity contribution >= 4 is 5.97 Å². The molecule has 0 fully saturated rings. The van der Waals surface area contributed by atoms with Crippen LogP contribution < -0.4 is 5.32 Å². The number of aliphatic carboxylic acids is 1. The first-order chi connectivity index (χ1) is 7.70. The number of hydrogen-bond donors (Lipinski definition) is 2. The van der Waals surface area contributed by atoms with Gasteiger partial charge in [-0.3, -0.25) is 4.79 Å². The van der Waals surface area contributed by atoms with E-state index in [0.717, 1.165) is 12.2 Å². The molecule has 0 amide bonds. The molecule has 0 radical (unpaired) electrons. The van der Waals surface area contributed by atoms with Crippen molar-refractivity contribution in [1.29, 1.82) is 0 Å². The molecule has 16 heavy (non-hydrogen) atoms. The van der Waals surface area contributed by atoms with E-state index in [-0.39, 0.29) is 0 Å². The van der Waals surface area contributed by atoms with Crippen molar-refractivity contribution in [3.8, 4) is 0 Å². The minimum absolute atomic E-state index is 0.460. The number of nitrogens with one attached hydrogen (secondary N) is 1. The predicted octanol–water partition coefficient (Wildman–Crippen LogP) is 1.25. The van der Waals surface area contributed by atoms with Gasteiger partial charge in [-0.2, -0.15) is 0 Å². The lowest BCUT2D eigenvalue weighted by Crippen LogP contribution is -2.34. The van der Waals surface area contributed by atoms with Crippen molar-refractivity contribution in [2.75, 3.05) is 13.2 Å². The molecule has 1 unspecified atom stereocenters. The Morgan fingerprint density at radius 3 is 3.12 bits per heavy atom. The Hall–Kier alpha value is -1.33. The Bertz CT molecular complexity index is 297. The second-order valence-electron chi connectivity index (χ2n) is 3.50. The van der Waals surface area contributed by atoms with Gasteiger partial charge in [0.05, 0.1) is 6.26 Å². The van der Waals surface area contributed by atoms with Crippen molar-refractivity contribution in [2.24, 2.45) is 0 Å². The van der Waals surface area contributed by atoms with Crippen LogP contribution in [0.1, 0.15) is 19.1 Å². The molecule has 1 rings (SSSR count). The summed E-state index contributed by atoms with van der Waals surface area (Å²) < 4.78 is 10.4. The average Bonchev–Trinajstić information content (AvgIpc) is 2.75. The maximum Gasteiger partial charge on any atom is 0.320 e. The minimum Gasteiger partial charge on any atom is -0.480 e. The highest BCUT2D eigenvalue weighted by molar-refractivity contribution is 5.72. The highest BCUT2D eigenvalue weighted by Crippen LogP contribution is 2.01. The first-order valence-electron chi connectivity index (χ1n) is 5.26. The van der Waals surface area contributed by atoms with E-state index in [1.54, 1.807) is 13.2 Å². The van der Waals surface area contributed by atoms with Crippen LogP contribution in [0, 0.1) is 0 Å². The van der Waals surface area contributed by atoms with Crippen LogP contribution in [0.15, 0.2) is 22.8 Å². The monoisotopic (exact) mass is 227 g/mol. The fourth-order valence-corrected chi connectivity index (χ4v) is 1.15. The van der Waals surface area contributed by atoms with Crippen LogP contribution in [-0.2, 0) is 16.1 Å². The summed E-state index contributed by atoms with van der Waals surface area (Å²) in [6, 6.07) is 3.16. The molecule has 0 bridgehead atoms. The van der Waals surface area contributed by atoms with Crippen LogP contribution in [-0.4, -0.2) is 30.3 Å². The van der Waals surface area contributed by atoms with E-state index in [0.29, 0.717) is 19.8 Å². The average molecular weight is 227 g/mol. The van der Waals surface area contributed by atoms with Crippen molar-refractivity contribution in [3.63, 3.8) is 0 Å². The van der Waals surface area contributed by atoms with Crippen LogP contribution in [0.5, 0.6) is 0 Å². The molecule has 0 aliphatic heterocycles. The molecular formula is C11H17NO4. The molecule has 1 aromatic heterocycles. The third-order valence-corrected chi connectivity index (χ3v) is 2.11. The molecule has 90 valence electrons. The number of furan rings is 1. The van der Waals surface area contributed by atoms with Gasteiger partial charge < -0.3 is 19.6 Å². The summed E-state index contributed by atoms with van der Waals surface area (Å²) in [5.74, 6) is -0.0385. The summed E-state index contributed by atoms with van der Waals surface area (Å²) in [6.45, 7) is 3.29. The van der Waals surface area contributed by atoms with E-state index >= 15 is 0 Å². The third-order valence-electron chi connectivity index (χ3n) is 2.11. The van der Waals surface area contributed by atoms with Crippen molar-refractivity contribution in [1.82, 2.24) is 5.32 Å². The van der Waals surface area contributed by atoms with Gasteiger partial charge in [0.25, 0.3) is 0 Å². The van der Waals surface area contributed by atoms with E-state index < -0.39 is 12.0 Å². The fraction of sp³-hybridized carbons (Fsp3) is 0.545. The van der Waals surface area contributed by atoms with Gasteiger partial charge in [-0.15, -0.1) is 0 Å². The van der Waals surface area contributed by atoms with Crippen LogP contribution in [0.4, 0.5) is 0 Å². The van der Waals surface area contributed by atoms with Crippen LogP contribution in [0.3, 0.4) is 0 Å². The van der Waals surface area contributed by atoms with E-state index in [1.807, 2.05) is 12.1 Å². The van der Waals surface area contributed by atoms with Crippen LogP contribution in [0.2, 0.25) is 0 Å². The normalized spacial score (nSPS) is 12.6. The first kappa shape index (κ1) is 12.7. The maximum absolute atomic E-state index is 10.5. The number of carboxylic acid groups (broad SMARTS) is 1. The lowest BCUT2D eigenvalue weighted by atomic mass is 10.3. The highest BCUT2D eigenvalue weighted by Gasteiger charge is 2.08. The quantitative estimate of drug-likeness (QED) is 0.654. The Balaban J connectivity index is 1.94. The zero-order chi connectivity index (χ0) is 11.8. The first-order valence-corrected chi connectivity index (χ1v) is 5.26. The molecular weight excluding hydrogens is 210 g/mol. The maximum atomic E-state index is 10.5.